The molecule has 0 fully saturated rings. The molecule has 0 aliphatic carbocycles. The van der Waals surface area contributed by atoms with Crippen molar-refractivity contribution in [3.05, 3.63) is 39.4 Å². The summed E-state index contributed by atoms with van der Waals surface area (Å²) in [6, 6.07) is 3.62. The van der Waals surface area contributed by atoms with Gasteiger partial charge in [0.25, 0.3) is 5.69 Å². The summed E-state index contributed by atoms with van der Waals surface area (Å²) in [5, 5.41) is 11.5. The summed E-state index contributed by atoms with van der Waals surface area (Å²) < 4.78 is 15.0. The molecule has 1 rings (SSSR count). The molecule has 0 saturated carbocycles. The summed E-state index contributed by atoms with van der Waals surface area (Å²) in [6.45, 7) is 7.79. The highest BCUT2D eigenvalue weighted by Crippen LogP contribution is 2.33. The van der Waals surface area contributed by atoms with Crippen molar-refractivity contribution in [2.24, 2.45) is 0 Å². The van der Waals surface area contributed by atoms with Crippen molar-refractivity contribution in [3.63, 3.8) is 0 Å². The lowest BCUT2D eigenvalue weighted by Gasteiger charge is -2.22. The van der Waals surface area contributed by atoms with Crippen LogP contribution in [0.4, 0.5) is 5.69 Å². The van der Waals surface area contributed by atoms with E-state index >= 15 is 0 Å². The van der Waals surface area contributed by atoms with Crippen molar-refractivity contribution in [2.45, 2.75) is 46.1 Å². The number of nitro benzene ring substituents is 1. The number of ether oxygens (including phenoxy) is 3. The van der Waals surface area contributed by atoms with Gasteiger partial charge in [-0.05, 0) is 40.7 Å². The number of carbonyl (C=O) groups is 3. The largest absolute Gasteiger partial charge is 0.465 e. The van der Waals surface area contributed by atoms with Crippen LogP contribution >= 0.6 is 0 Å². The maximum Gasteiger partial charge on any atom is 0.339 e. The Hall–Kier alpha value is -2.97. The molecule has 0 aliphatic rings. The van der Waals surface area contributed by atoms with E-state index in [-0.39, 0.29) is 18.8 Å². The van der Waals surface area contributed by atoms with Gasteiger partial charge in [-0.2, -0.15) is 0 Å². The molecule has 0 unspecified atom stereocenters. The highest BCUT2D eigenvalue weighted by atomic mass is 16.6. The van der Waals surface area contributed by atoms with Crippen LogP contribution in [0.15, 0.2) is 18.2 Å². The quantitative estimate of drug-likeness (QED) is 0.232. The van der Waals surface area contributed by atoms with Crippen molar-refractivity contribution in [2.75, 3.05) is 13.2 Å². The van der Waals surface area contributed by atoms with Crippen LogP contribution in [0.2, 0.25) is 0 Å². The highest BCUT2D eigenvalue weighted by Gasteiger charge is 2.40. The lowest BCUT2D eigenvalue weighted by molar-refractivity contribution is -0.385. The topological polar surface area (TPSA) is 122 Å². The molecule has 0 aliphatic heterocycles. The smallest absolute Gasteiger partial charge is 0.339 e. The molecule has 0 aromatic heterocycles. The second kappa shape index (κ2) is 9.11. The molecule has 0 radical (unpaired) electrons. The van der Waals surface area contributed by atoms with Crippen molar-refractivity contribution in [1.29, 1.82) is 0 Å². The minimum absolute atomic E-state index is 0.0584. The molecule has 0 heterocycles. The molecule has 0 saturated heterocycles. The minimum Gasteiger partial charge on any atom is -0.465 e. The summed E-state index contributed by atoms with van der Waals surface area (Å²) in [4.78, 5) is 48.1. The van der Waals surface area contributed by atoms with E-state index in [1.54, 1.807) is 20.8 Å². The molecule has 0 N–H and O–H groups in total. The van der Waals surface area contributed by atoms with Crippen LogP contribution in [0.5, 0.6) is 0 Å². The van der Waals surface area contributed by atoms with Gasteiger partial charge >= 0.3 is 17.9 Å². The van der Waals surface area contributed by atoms with E-state index in [0.717, 1.165) is 6.07 Å². The van der Waals surface area contributed by atoms with Gasteiger partial charge in [0, 0.05) is 6.07 Å². The third kappa shape index (κ3) is 5.77. The summed E-state index contributed by atoms with van der Waals surface area (Å²) in [5.41, 5.74) is -2.15. The average Bonchev–Trinajstić information content (AvgIpc) is 2.53. The van der Waals surface area contributed by atoms with Gasteiger partial charge in [-0.1, -0.05) is 6.07 Å². The van der Waals surface area contributed by atoms with Crippen LogP contribution in [-0.2, 0) is 23.8 Å². The molecule has 1 aromatic rings. The summed E-state index contributed by atoms with van der Waals surface area (Å²) in [6.07, 6.45) is 0. The van der Waals surface area contributed by atoms with Crippen LogP contribution in [0.1, 0.15) is 56.5 Å². The van der Waals surface area contributed by atoms with Crippen molar-refractivity contribution in [1.82, 2.24) is 0 Å². The molecular weight excluding hydrogens is 358 g/mol. The Balaban J connectivity index is 3.66. The fourth-order valence-electron chi connectivity index (χ4n) is 2.31. The molecule has 27 heavy (non-hydrogen) atoms. The molecule has 1 aromatic carbocycles. The summed E-state index contributed by atoms with van der Waals surface area (Å²) >= 11 is 0. The Morgan fingerprint density at radius 1 is 1.07 bits per heavy atom. The Morgan fingerprint density at radius 3 is 2.00 bits per heavy atom. The number of nitrogens with zero attached hydrogens (tertiary/aromatic N) is 1. The number of esters is 3. The van der Waals surface area contributed by atoms with Gasteiger partial charge in [0.05, 0.1) is 29.3 Å². The van der Waals surface area contributed by atoms with E-state index in [4.69, 9.17) is 14.2 Å². The molecule has 0 bridgehead atoms. The van der Waals surface area contributed by atoms with Gasteiger partial charge in [-0.25, -0.2) is 4.79 Å². The van der Waals surface area contributed by atoms with E-state index in [2.05, 4.69) is 0 Å². The molecular formula is C18H23NO8. The Morgan fingerprint density at radius 2 is 1.59 bits per heavy atom. The van der Waals surface area contributed by atoms with Crippen molar-refractivity contribution < 1.29 is 33.5 Å². The van der Waals surface area contributed by atoms with E-state index < -0.39 is 45.6 Å². The SMILES string of the molecule is CCOC(=O)C(C(=O)OCC)c1c(C(=O)OC(C)(C)C)cccc1[N+](=O)[O-]. The predicted molar refractivity (Wildman–Crippen MR) is 94.3 cm³/mol. The average molecular weight is 381 g/mol. The van der Waals surface area contributed by atoms with E-state index in [9.17, 15) is 24.5 Å². The van der Waals surface area contributed by atoms with Gasteiger partial charge in [0.15, 0.2) is 5.92 Å². The first-order valence-corrected chi connectivity index (χ1v) is 8.37. The number of carbonyl (C=O) groups excluding carboxylic acids is 3. The number of benzene rings is 1. The van der Waals surface area contributed by atoms with E-state index in [0.29, 0.717) is 0 Å². The molecule has 9 nitrogen and oxygen atoms in total. The van der Waals surface area contributed by atoms with E-state index in [1.165, 1.54) is 26.0 Å². The fraction of sp³-hybridized carbons (Fsp3) is 0.500. The zero-order valence-corrected chi connectivity index (χ0v) is 15.9. The number of hydrogen-bond acceptors (Lipinski definition) is 8. The van der Waals surface area contributed by atoms with Crippen LogP contribution < -0.4 is 0 Å². The summed E-state index contributed by atoms with van der Waals surface area (Å²) in [5.74, 6) is -4.78. The normalized spacial score (nSPS) is 11.0. The minimum atomic E-state index is -1.78. The fourth-order valence-corrected chi connectivity index (χ4v) is 2.31. The van der Waals surface area contributed by atoms with Gasteiger partial charge in [0.1, 0.15) is 5.60 Å². The molecule has 0 amide bonds. The third-order valence-corrected chi connectivity index (χ3v) is 3.23. The zero-order valence-electron chi connectivity index (χ0n) is 15.9. The number of nitro groups is 1. The van der Waals surface area contributed by atoms with E-state index in [1.807, 2.05) is 0 Å². The molecule has 0 spiro atoms. The first-order valence-electron chi connectivity index (χ1n) is 8.37. The molecule has 0 atom stereocenters. The Bertz CT molecular complexity index is 717. The van der Waals surface area contributed by atoms with Gasteiger partial charge < -0.3 is 14.2 Å². The van der Waals surface area contributed by atoms with Crippen LogP contribution in [0, 0.1) is 10.1 Å². The highest BCUT2D eigenvalue weighted by molar-refractivity contribution is 6.05. The molecule has 9 heteroatoms. The maximum atomic E-state index is 12.6. The maximum absolute atomic E-state index is 12.6. The van der Waals surface area contributed by atoms with Crippen molar-refractivity contribution in [3.8, 4) is 0 Å². The Labute approximate surface area is 156 Å². The number of hydrogen-bond donors (Lipinski definition) is 0. The lowest BCUT2D eigenvalue weighted by atomic mass is 9.92. The first-order chi connectivity index (χ1) is 12.5. The zero-order chi connectivity index (χ0) is 20.8. The first kappa shape index (κ1) is 22.1. The second-order valence-corrected chi connectivity index (χ2v) is 6.43. The van der Waals surface area contributed by atoms with Gasteiger partial charge in [0.2, 0.25) is 0 Å². The predicted octanol–water partition coefficient (Wildman–Crippen LogP) is 2.76. The van der Waals surface area contributed by atoms with Crippen molar-refractivity contribution >= 4 is 23.6 Å². The second-order valence-electron chi connectivity index (χ2n) is 6.43. The Kier molecular flexibility index (Phi) is 7.45. The monoisotopic (exact) mass is 381 g/mol. The third-order valence-electron chi connectivity index (χ3n) is 3.23. The number of rotatable bonds is 7. The standard InChI is InChI=1S/C18H23NO8/c1-6-25-16(21)14(17(22)26-7-2)13-11(15(20)27-18(3,4)5)9-8-10-12(13)19(23)24/h8-10,14H,6-7H2,1-5H3. The molecule has 148 valence electrons. The lowest BCUT2D eigenvalue weighted by Crippen LogP contribution is -2.30. The summed E-state index contributed by atoms with van der Waals surface area (Å²) in [7, 11) is 0. The van der Waals surface area contributed by atoms with Crippen LogP contribution in [-0.4, -0.2) is 41.6 Å². The van der Waals surface area contributed by atoms with Gasteiger partial charge in [-0.15, -0.1) is 0 Å². The van der Waals surface area contributed by atoms with Crippen LogP contribution in [0.3, 0.4) is 0 Å². The van der Waals surface area contributed by atoms with Crippen LogP contribution in [0.25, 0.3) is 0 Å². The van der Waals surface area contributed by atoms with Gasteiger partial charge in [-0.3, -0.25) is 19.7 Å².